The molecule has 0 aliphatic rings. The van der Waals surface area contributed by atoms with Crippen molar-refractivity contribution < 1.29 is 14.3 Å². The topological polar surface area (TPSA) is 65.4 Å². The van der Waals surface area contributed by atoms with Gasteiger partial charge in [0.05, 0.1) is 13.4 Å². The van der Waals surface area contributed by atoms with Crippen molar-refractivity contribution in [2.45, 2.75) is 13.2 Å². The molecule has 0 aliphatic carbocycles. The van der Waals surface area contributed by atoms with Crippen molar-refractivity contribution in [2.75, 3.05) is 12.4 Å². The van der Waals surface area contributed by atoms with E-state index in [4.69, 9.17) is 9.47 Å². The number of ether oxygens (including phenoxy) is 2. The second kappa shape index (κ2) is 9.63. The van der Waals surface area contributed by atoms with Crippen molar-refractivity contribution in [1.82, 2.24) is 9.55 Å². The molecular weight excluding hydrogens is 390 g/mol. The van der Waals surface area contributed by atoms with Gasteiger partial charge in [-0.3, -0.25) is 4.79 Å². The summed E-state index contributed by atoms with van der Waals surface area (Å²) < 4.78 is 13.3. The number of hydrogen-bond donors (Lipinski definition) is 1. The average molecular weight is 413 g/mol. The molecule has 3 aromatic carbocycles. The molecule has 0 saturated heterocycles. The second-order valence-electron chi connectivity index (χ2n) is 7.03. The molecule has 4 rings (SSSR count). The van der Waals surface area contributed by atoms with Crippen molar-refractivity contribution in [3.05, 3.63) is 108 Å². The van der Waals surface area contributed by atoms with Crippen LogP contribution in [-0.2, 0) is 13.2 Å². The van der Waals surface area contributed by atoms with Crippen LogP contribution >= 0.6 is 0 Å². The first-order valence-electron chi connectivity index (χ1n) is 9.92. The third-order valence-corrected chi connectivity index (χ3v) is 4.80. The number of anilines is 1. The fourth-order valence-electron chi connectivity index (χ4n) is 3.15. The van der Waals surface area contributed by atoms with Crippen LogP contribution in [0.5, 0.6) is 11.5 Å². The fourth-order valence-corrected chi connectivity index (χ4v) is 3.15. The summed E-state index contributed by atoms with van der Waals surface area (Å²) in [4.78, 5) is 16.7. The molecule has 0 radical (unpaired) electrons. The number of carbonyl (C=O) groups is 1. The maximum atomic E-state index is 12.7. The van der Waals surface area contributed by atoms with E-state index in [1.54, 1.807) is 37.8 Å². The first-order chi connectivity index (χ1) is 15.2. The van der Waals surface area contributed by atoms with Crippen molar-refractivity contribution in [1.29, 1.82) is 0 Å². The van der Waals surface area contributed by atoms with Crippen LogP contribution in [-0.4, -0.2) is 22.6 Å². The quantitative estimate of drug-likeness (QED) is 0.452. The lowest BCUT2D eigenvalue weighted by molar-refractivity contribution is 0.102. The number of methoxy groups -OCH3 is 1. The summed E-state index contributed by atoms with van der Waals surface area (Å²) in [6.07, 6.45) is 5.44. The standard InChI is InChI=1S/C25H23N3O3/c1-30-24-15-21(9-12-23(24)31-17-20-5-3-2-4-6-20)25(29)27-22-10-7-19(8-11-22)16-28-14-13-26-18-28/h2-15,18H,16-17H2,1H3,(H,27,29). The molecule has 1 N–H and O–H groups in total. The number of rotatable bonds is 8. The summed E-state index contributed by atoms with van der Waals surface area (Å²) in [7, 11) is 1.56. The van der Waals surface area contributed by atoms with Crippen molar-refractivity contribution in [2.24, 2.45) is 0 Å². The minimum absolute atomic E-state index is 0.213. The SMILES string of the molecule is COc1cc(C(=O)Nc2ccc(Cn3ccnc3)cc2)ccc1OCc1ccccc1. The summed E-state index contributed by atoms with van der Waals surface area (Å²) in [5, 5.41) is 2.92. The molecule has 1 amide bonds. The minimum atomic E-state index is -0.213. The molecule has 6 heteroatoms. The lowest BCUT2D eigenvalue weighted by Gasteiger charge is -2.13. The lowest BCUT2D eigenvalue weighted by atomic mass is 10.1. The number of carbonyl (C=O) groups excluding carboxylic acids is 1. The van der Waals surface area contributed by atoms with Gasteiger partial charge in [0.15, 0.2) is 11.5 Å². The van der Waals surface area contributed by atoms with Gasteiger partial charge in [-0.05, 0) is 41.5 Å². The monoisotopic (exact) mass is 413 g/mol. The van der Waals surface area contributed by atoms with E-state index in [9.17, 15) is 4.79 Å². The Bertz CT molecular complexity index is 1120. The summed E-state index contributed by atoms with van der Waals surface area (Å²) in [6, 6.07) is 22.8. The molecule has 0 aliphatic heterocycles. The highest BCUT2D eigenvalue weighted by molar-refractivity contribution is 6.04. The second-order valence-corrected chi connectivity index (χ2v) is 7.03. The molecule has 31 heavy (non-hydrogen) atoms. The van der Waals surface area contributed by atoms with Crippen LogP contribution in [0.25, 0.3) is 0 Å². The molecule has 4 aromatic rings. The maximum absolute atomic E-state index is 12.7. The van der Waals surface area contributed by atoms with Gasteiger partial charge in [-0.15, -0.1) is 0 Å². The highest BCUT2D eigenvalue weighted by Gasteiger charge is 2.12. The molecule has 1 heterocycles. The zero-order valence-electron chi connectivity index (χ0n) is 17.2. The Labute approximate surface area is 181 Å². The van der Waals surface area contributed by atoms with Gasteiger partial charge in [0.2, 0.25) is 0 Å². The van der Waals surface area contributed by atoms with Gasteiger partial charge in [0, 0.05) is 30.2 Å². The van der Waals surface area contributed by atoms with Gasteiger partial charge in [-0.25, -0.2) is 4.98 Å². The molecule has 0 bridgehead atoms. The van der Waals surface area contributed by atoms with E-state index in [0.29, 0.717) is 23.7 Å². The van der Waals surface area contributed by atoms with E-state index < -0.39 is 0 Å². The van der Waals surface area contributed by atoms with Gasteiger partial charge >= 0.3 is 0 Å². The van der Waals surface area contributed by atoms with Gasteiger partial charge < -0.3 is 19.4 Å². The smallest absolute Gasteiger partial charge is 0.255 e. The minimum Gasteiger partial charge on any atom is -0.493 e. The third kappa shape index (κ3) is 5.30. The number of hydrogen-bond acceptors (Lipinski definition) is 4. The van der Waals surface area contributed by atoms with Crippen LogP contribution in [0.15, 0.2) is 91.5 Å². The zero-order chi connectivity index (χ0) is 21.5. The van der Waals surface area contributed by atoms with E-state index in [2.05, 4.69) is 10.3 Å². The predicted molar refractivity (Wildman–Crippen MR) is 119 cm³/mol. The Morgan fingerprint density at radius 2 is 1.77 bits per heavy atom. The number of amides is 1. The van der Waals surface area contributed by atoms with Crippen LogP contribution in [0.4, 0.5) is 5.69 Å². The molecule has 156 valence electrons. The number of nitrogens with zero attached hydrogens (tertiary/aromatic N) is 2. The zero-order valence-corrected chi connectivity index (χ0v) is 17.2. The Morgan fingerprint density at radius 3 is 2.48 bits per heavy atom. The molecule has 0 saturated carbocycles. The van der Waals surface area contributed by atoms with Crippen LogP contribution in [0.3, 0.4) is 0 Å². The van der Waals surface area contributed by atoms with Crippen LogP contribution in [0.2, 0.25) is 0 Å². The average Bonchev–Trinajstić information content (AvgIpc) is 3.32. The fraction of sp³-hybridized carbons (Fsp3) is 0.120. The lowest BCUT2D eigenvalue weighted by Crippen LogP contribution is -2.12. The van der Waals surface area contributed by atoms with E-state index in [1.165, 1.54) is 0 Å². The molecule has 0 atom stereocenters. The number of benzene rings is 3. The molecule has 0 spiro atoms. The van der Waals surface area contributed by atoms with Crippen LogP contribution < -0.4 is 14.8 Å². The van der Waals surface area contributed by atoms with E-state index in [1.807, 2.05) is 65.4 Å². The van der Waals surface area contributed by atoms with Gasteiger partial charge in [-0.2, -0.15) is 0 Å². The first kappa shape index (κ1) is 20.2. The molecule has 0 unspecified atom stereocenters. The Kier molecular flexibility index (Phi) is 6.28. The third-order valence-electron chi connectivity index (χ3n) is 4.80. The number of imidazole rings is 1. The molecular formula is C25H23N3O3. The van der Waals surface area contributed by atoms with Gasteiger partial charge in [-0.1, -0.05) is 42.5 Å². The normalized spacial score (nSPS) is 10.5. The largest absolute Gasteiger partial charge is 0.493 e. The summed E-state index contributed by atoms with van der Waals surface area (Å²) >= 11 is 0. The van der Waals surface area contributed by atoms with Gasteiger partial charge in [0.25, 0.3) is 5.91 Å². The summed E-state index contributed by atoms with van der Waals surface area (Å²) in [5.74, 6) is 0.890. The highest BCUT2D eigenvalue weighted by Crippen LogP contribution is 2.29. The summed E-state index contributed by atoms with van der Waals surface area (Å²) in [5.41, 5.74) is 3.40. The highest BCUT2D eigenvalue weighted by atomic mass is 16.5. The van der Waals surface area contributed by atoms with Crippen molar-refractivity contribution in [3.63, 3.8) is 0 Å². The van der Waals surface area contributed by atoms with Crippen LogP contribution in [0.1, 0.15) is 21.5 Å². The molecule has 1 aromatic heterocycles. The Balaban J connectivity index is 1.39. The first-order valence-corrected chi connectivity index (χ1v) is 9.92. The molecule has 0 fully saturated rings. The van der Waals surface area contributed by atoms with Gasteiger partial charge in [0.1, 0.15) is 6.61 Å². The summed E-state index contributed by atoms with van der Waals surface area (Å²) in [6.45, 7) is 1.16. The Morgan fingerprint density at radius 1 is 0.968 bits per heavy atom. The predicted octanol–water partition coefficient (Wildman–Crippen LogP) is 4.77. The van der Waals surface area contributed by atoms with E-state index in [0.717, 1.165) is 23.4 Å². The Hall–Kier alpha value is -4.06. The number of aromatic nitrogens is 2. The van der Waals surface area contributed by atoms with Crippen molar-refractivity contribution >= 4 is 11.6 Å². The maximum Gasteiger partial charge on any atom is 0.255 e. The number of nitrogens with one attached hydrogen (secondary N) is 1. The van der Waals surface area contributed by atoms with E-state index in [-0.39, 0.29) is 5.91 Å². The van der Waals surface area contributed by atoms with Crippen LogP contribution in [0, 0.1) is 0 Å². The van der Waals surface area contributed by atoms with Crippen molar-refractivity contribution in [3.8, 4) is 11.5 Å². The molecule has 6 nitrogen and oxygen atoms in total. The van der Waals surface area contributed by atoms with E-state index >= 15 is 0 Å².